The molecule has 1 fully saturated rings. The second kappa shape index (κ2) is 6.66. The highest BCUT2D eigenvalue weighted by atomic mass is 127. The van der Waals surface area contributed by atoms with Crippen LogP contribution in [0.3, 0.4) is 0 Å². The average molecular weight is 424 g/mol. The van der Waals surface area contributed by atoms with Gasteiger partial charge in [-0.05, 0) is 59.0 Å². The number of nitrogens with one attached hydrogen (secondary N) is 1. The monoisotopic (exact) mass is 424 g/mol. The van der Waals surface area contributed by atoms with E-state index in [1.807, 2.05) is 24.3 Å². The summed E-state index contributed by atoms with van der Waals surface area (Å²) in [4.78, 5) is 25.8. The zero-order chi connectivity index (χ0) is 16.4. The van der Waals surface area contributed by atoms with Crippen molar-refractivity contribution in [1.82, 2.24) is 0 Å². The van der Waals surface area contributed by atoms with Crippen LogP contribution >= 0.6 is 22.6 Å². The molecule has 23 heavy (non-hydrogen) atoms. The number of anilines is 2. The Hall–Kier alpha value is -1.96. The molecule has 0 saturated carbocycles. The molecule has 4 nitrogen and oxygen atoms in total. The molecule has 0 spiro atoms. The zero-order valence-corrected chi connectivity index (χ0v) is 14.3. The van der Waals surface area contributed by atoms with Crippen LogP contribution in [0, 0.1) is 15.3 Å². The van der Waals surface area contributed by atoms with Gasteiger partial charge in [-0.1, -0.05) is 12.1 Å². The van der Waals surface area contributed by atoms with Crippen LogP contribution in [0.2, 0.25) is 0 Å². The molecule has 0 bridgehead atoms. The largest absolute Gasteiger partial charge is 0.326 e. The Kier molecular flexibility index (Phi) is 4.61. The van der Waals surface area contributed by atoms with Crippen LogP contribution in [-0.2, 0) is 9.59 Å². The maximum atomic E-state index is 13.8. The smallest absolute Gasteiger partial charge is 0.229 e. The van der Waals surface area contributed by atoms with E-state index in [0.717, 1.165) is 3.57 Å². The fourth-order valence-electron chi connectivity index (χ4n) is 2.56. The van der Waals surface area contributed by atoms with Crippen LogP contribution in [0.15, 0.2) is 48.5 Å². The van der Waals surface area contributed by atoms with E-state index >= 15 is 0 Å². The summed E-state index contributed by atoms with van der Waals surface area (Å²) in [6.07, 6.45) is 0.0878. The van der Waals surface area contributed by atoms with E-state index in [1.165, 1.54) is 11.0 Å². The van der Waals surface area contributed by atoms with Crippen molar-refractivity contribution in [2.45, 2.75) is 6.42 Å². The van der Waals surface area contributed by atoms with Crippen molar-refractivity contribution in [1.29, 1.82) is 0 Å². The van der Waals surface area contributed by atoms with Gasteiger partial charge in [0.2, 0.25) is 11.8 Å². The topological polar surface area (TPSA) is 49.4 Å². The standard InChI is InChI=1S/C17H14FIN2O2/c18-14-3-1-2-4-15(14)21-10-11(9-16(21)22)17(23)20-13-7-5-12(19)6-8-13/h1-8,11H,9-10H2,(H,20,23). The van der Waals surface area contributed by atoms with Crippen molar-refractivity contribution in [2.24, 2.45) is 5.92 Å². The number of para-hydroxylation sites is 1. The summed E-state index contributed by atoms with van der Waals surface area (Å²) in [5.74, 6) is -1.41. The fourth-order valence-corrected chi connectivity index (χ4v) is 2.92. The molecule has 0 radical (unpaired) electrons. The Morgan fingerprint density at radius 2 is 1.87 bits per heavy atom. The number of rotatable bonds is 3. The Balaban J connectivity index is 1.71. The van der Waals surface area contributed by atoms with Crippen molar-refractivity contribution >= 4 is 45.8 Å². The van der Waals surface area contributed by atoms with Gasteiger partial charge in [-0.15, -0.1) is 0 Å². The first-order valence-electron chi connectivity index (χ1n) is 7.16. The highest BCUT2D eigenvalue weighted by Crippen LogP contribution is 2.28. The predicted octanol–water partition coefficient (Wildman–Crippen LogP) is 3.42. The minimum Gasteiger partial charge on any atom is -0.326 e. The number of halogens is 2. The molecule has 1 N–H and O–H groups in total. The van der Waals surface area contributed by atoms with E-state index in [4.69, 9.17) is 0 Å². The summed E-state index contributed by atoms with van der Waals surface area (Å²) in [7, 11) is 0. The number of hydrogen-bond donors (Lipinski definition) is 1. The van der Waals surface area contributed by atoms with Gasteiger partial charge in [0, 0.05) is 22.2 Å². The molecule has 118 valence electrons. The summed E-state index contributed by atoms with van der Waals surface area (Å²) in [5, 5.41) is 2.80. The molecular formula is C17H14FIN2O2. The summed E-state index contributed by atoms with van der Waals surface area (Å²) in [6.45, 7) is 0.190. The van der Waals surface area contributed by atoms with Gasteiger partial charge in [0.05, 0.1) is 11.6 Å². The molecule has 2 amide bonds. The normalized spacial score (nSPS) is 17.4. The third kappa shape index (κ3) is 3.52. The van der Waals surface area contributed by atoms with Crippen molar-refractivity contribution in [3.63, 3.8) is 0 Å². The molecule has 2 aromatic carbocycles. The lowest BCUT2D eigenvalue weighted by molar-refractivity contribution is -0.122. The minimum atomic E-state index is -0.485. The Morgan fingerprint density at radius 1 is 1.17 bits per heavy atom. The summed E-state index contributed by atoms with van der Waals surface area (Å²) in [6, 6.07) is 13.5. The first kappa shape index (κ1) is 15.9. The minimum absolute atomic E-state index is 0.0878. The molecule has 1 saturated heterocycles. The van der Waals surface area contributed by atoms with Gasteiger partial charge >= 0.3 is 0 Å². The Morgan fingerprint density at radius 3 is 2.57 bits per heavy atom. The van der Waals surface area contributed by atoms with E-state index in [9.17, 15) is 14.0 Å². The maximum absolute atomic E-state index is 13.8. The predicted molar refractivity (Wildman–Crippen MR) is 94.6 cm³/mol. The van der Waals surface area contributed by atoms with Crippen LogP contribution in [0.5, 0.6) is 0 Å². The molecular weight excluding hydrogens is 410 g/mol. The fraction of sp³-hybridized carbons (Fsp3) is 0.176. The van der Waals surface area contributed by atoms with Crippen LogP contribution in [0.25, 0.3) is 0 Å². The summed E-state index contributed by atoms with van der Waals surface area (Å²) >= 11 is 2.18. The maximum Gasteiger partial charge on any atom is 0.229 e. The van der Waals surface area contributed by atoms with Crippen molar-refractivity contribution in [2.75, 3.05) is 16.8 Å². The second-order valence-corrected chi connectivity index (χ2v) is 6.60. The molecule has 1 unspecified atom stereocenters. The molecule has 1 aliphatic heterocycles. The van der Waals surface area contributed by atoms with Crippen LogP contribution in [-0.4, -0.2) is 18.4 Å². The van der Waals surface area contributed by atoms with Gasteiger partial charge in [0.1, 0.15) is 5.82 Å². The van der Waals surface area contributed by atoms with Crippen molar-refractivity contribution < 1.29 is 14.0 Å². The molecule has 1 aliphatic rings. The lowest BCUT2D eigenvalue weighted by atomic mass is 10.1. The molecule has 6 heteroatoms. The zero-order valence-electron chi connectivity index (χ0n) is 12.1. The Labute approximate surface area is 146 Å². The third-order valence-electron chi connectivity index (χ3n) is 3.75. The lowest BCUT2D eigenvalue weighted by Crippen LogP contribution is -2.28. The number of amides is 2. The van der Waals surface area contributed by atoms with Crippen molar-refractivity contribution in [3.05, 3.63) is 57.9 Å². The number of carbonyl (C=O) groups excluding carboxylic acids is 2. The van der Waals surface area contributed by atoms with Crippen LogP contribution in [0.4, 0.5) is 15.8 Å². The summed E-state index contributed by atoms with van der Waals surface area (Å²) < 4.78 is 14.9. The van der Waals surface area contributed by atoms with Gasteiger partial charge in [0.25, 0.3) is 0 Å². The molecule has 0 aromatic heterocycles. The number of benzene rings is 2. The van der Waals surface area contributed by atoms with E-state index in [-0.39, 0.29) is 30.5 Å². The molecule has 0 aliphatic carbocycles. The van der Waals surface area contributed by atoms with Gasteiger partial charge in [-0.3, -0.25) is 9.59 Å². The first-order valence-corrected chi connectivity index (χ1v) is 8.24. The summed E-state index contributed by atoms with van der Waals surface area (Å²) in [5.41, 5.74) is 0.911. The van der Waals surface area contributed by atoms with E-state index < -0.39 is 11.7 Å². The molecule has 1 heterocycles. The molecule has 1 atom stereocenters. The van der Waals surface area contributed by atoms with E-state index in [2.05, 4.69) is 27.9 Å². The first-order chi connectivity index (χ1) is 11.0. The molecule has 2 aromatic rings. The van der Waals surface area contributed by atoms with Gasteiger partial charge in [-0.25, -0.2) is 4.39 Å². The number of hydrogen-bond acceptors (Lipinski definition) is 2. The van der Waals surface area contributed by atoms with Gasteiger partial charge < -0.3 is 10.2 Å². The quantitative estimate of drug-likeness (QED) is 0.768. The second-order valence-electron chi connectivity index (χ2n) is 5.35. The highest BCUT2D eigenvalue weighted by Gasteiger charge is 2.36. The van der Waals surface area contributed by atoms with Crippen LogP contribution < -0.4 is 10.2 Å². The molecule has 3 rings (SSSR count). The number of nitrogens with zero attached hydrogens (tertiary/aromatic N) is 1. The van der Waals surface area contributed by atoms with Crippen molar-refractivity contribution in [3.8, 4) is 0 Å². The third-order valence-corrected chi connectivity index (χ3v) is 4.47. The van der Waals surface area contributed by atoms with E-state index in [0.29, 0.717) is 5.69 Å². The van der Waals surface area contributed by atoms with Crippen LogP contribution in [0.1, 0.15) is 6.42 Å². The highest BCUT2D eigenvalue weighted by molar-refractivity contribution is 14.1. The lowest BCUT2D eigenvalue weighted by Gasteiger charge is -2.17. The van der Waals surface area contributed by atoms with E-state index in [1.54, 1.807) is 18.2 Å². The number of carbonyl (C=O) groups is 2. The average Bonchev–Trinajstić information content (AvgIpc) is 2.92. The Bertz CT molecular complexity index is 749. The van der Waals surface area contributed by atoms with Gasteiger partial charge in [-0.2, -0.15) is 0 Å². The SMILES string of the molecule is O=C(Nc1ccc(I)cc1)C1CC(=O)N(c2ccccc2F)C1. The van der Waals surface area contributed by atoms with Gasteiger partial charge in [0.15, 0.2) is 0 Å².